The maximum absolute atomic E-state index is 12.8. The van der Waals surface area contributed by atoms with Gasteiger partial charge in [-0.25, -0.2) is 9.59 Å². The summed E-state index contributed by atoms with van der Waals surface area (Å²) >= 11 is 1.49. The number of hydrogen-bond acceptors (Lipinski definition) is 5. The van der Waals surface area contributed by atoms with Gasteiger partial charge in [0.25, 0.3) is 5.91 Å². The Labute approximate surface area is 155 Å². The minimum absolute atomic E-state index is 0.0230. The maximum atomic E-state index is 12.8. The first-order chi connectivity index (χ1) is 12.4. The van der Waals surface area contributed by atoms with Crippen molar-refractivity contribution in [2.75, 3.05) is 6.54 Å². The van der Waals surface area contributed by atoms with Gasteiger partial charge in [-0.3, -0.25) is 19.8 Å². The molecule has 0 aromatic carbocycles. The minimum atomic E-state index is -0.906. The average molecular weight is 378 g/mol. The van der Waals surface area contributed by atoms with Gasteiger partial charge in [0.2, 0.25) is 5.91 Å². The van der Waals surface area contributed by atoms with Crippen LogP contribution in [0.15, 0.2) is 17.5 Å². The highest BCUT2D eigenvalue weighted by Gasteiger charge is 2.55. The highest BCUT2D eigenvalue weighted by atomic mass is 32.1. The summed E-state index contributed by atoms with van der Waals surface area (Å²) in [6.07, 6.45) is 3.33. The Morgan fingerprint density at radius 1 is 1.38 bits per heavy atom. The second kappa shape index (κ2) is 7.45. The van der Waals surface area contributed by atoms with Crippen LogP contribution in [0, 0.1) is 5.92 Å². The van der Waals surface area contributed by atoms with Gasteiger partial charge in [-0.1, -0.05) is 25.8 Å². The number of imide groups is 2. The summed E-state index contributed by atoms with van der Waals surface area (Å²) in [6, 6.07) is 2.50. The molecule has 1 saturated heterocycles. The molecule has 9 heteroatoms. The smallest absolute Gasteiger partial charge is 0.325 e. The van der Waals surface area contributed by atoms with Gasteiger partial charge in [0, 0.05) is 4.88 Å². The fourth-order valence-electron chi connectivity index (χ4n) is 3.57. The second-order valence-electron chi connectivity index (χ2n) is 6.75. The molecule has 1 aliphatic carbocycles. The van der Waals surface area contributed by atoms with Gasteiger partial charge in [-0.05, 0) is 30.2 Å². The van der Waals surface area contributed by atoms with Crippen molar-refractivity contribution in [3.63, 3.8) is 0 Å². The number of urea groups is 2. The summed E-state index contributed by atoms with van der Waals surface area (Å²) in [5.74, 6) is -1.05. The molecule has 2 atom stereocenters. The van der Waals surface area contributed by atoms with Crippen LogP contribution in [0.3, 0.4) is 0 Å². The predicted molar refractivity (Wildman–Crippen MR) is 95.3 cm³/mol. The van der Waals surface area contributed by atoms with Gasteiger partial charge in [0.15, 0.2) is 0 Å². The van der Waals surface area contributed by atoms with E-state index in [2.05, 4.69) is 16.0 Å². The van der Waals surface area contributed by atoms with Crippen LogP contribution in [0.5, 0.6) is 0 Å². The topological polar surface area (TPSA) is 108 Å². The molecular weight excluding hydrogens is 356 g/mol. The van der Waals surface area contributed by atoms with Gasteiger partial charge >= 0.3 is 12.1 Å². The standard InChI is InChI=1S/C17H22N4O4S/c1-11-5-2-3-7-17(11)14(23)21(16(25)20-17)10-13(22)19-15(24)18-9-12-6-4-8-26-12/h4,6,8,11H,2-3,5,7,9-10H2,1H3,(H,20,25)(H2,18,19,22,24)/t11-,17+/m1/s1. The molecule has 2 fully saturated rings. The Morgan fingerprint density at radius 3 is 2.88 bits per heavy atom. The molecule has 2 aliphatic rings. The van der Waals surface area contributed by atoms with Crippen molar-refractivity contribution in [2.24, 2.45) is 5.92 Å². The number of nitrogens with zero attached hydrogens (tertiary/aromatic N) is 1. The SMILES string of the molecule is C[C@@H]1CCCC[C@]12NC(=O)N(CC(=O)NC(=O)NCc1cccs1)C2=O. The van der Waals surface area contributed by atoms with E-state index in [4.69, 9.17) is 0 Å². The zero-order valence-electron chi connectivity index (χ0n) is 14.5. The van der Waals surface area contributed by atoms with Crippen LogP contribution in [0.1, 0.15) is 37.5 Å². The van der Waals surface area contributed by atoms with E-state index in [1.54, 1.807) is 0 Å². The van der Waals surface area contributed by atoms with Gasteiger partial charge in [-0.2, -0.15) is 0 Å². The number of carbonyl (C=O) groups excluding carboxylic acids is 4. The Balaban J connectivity index is 1.54. The Bertz CT molecular complexity index is 720. The van der Waals surface area contributed by atoms with Crippen molar-refractivity contribution in [2.45, 2.75) is 44.7 Å². The number of thiophene rings is 1. The highest BCUT2D eigenvalue weighted by Crippen LogP contribution is 2.38. The summed E-state index contributed by atoms with van der Waals surface area (Å²) in [6.45, 7) is 1.78. The third-order valence-corrected chi connectivity index (χ3v) is 5.94. The van der Waals surface area contributed by atoms with Crippen molar-refractivity contribution in [1.29, 1.82) is 0 Å². The first-order valence-electron chi connectivity index (χ1n) is 8.66. The molecule has 1 spiro atoms. The fraction of sp³-hybridized carbons (Fsp3) is 0.529. The van der Waals surface area contributed by atoms with Crippen LogP contribution in [0.4, 0.5) is 9.59 Å². The van der Waals surface area contributed by atoms with E-state index >= 15 is 0 Å². The molecule has 1 aromatic rings. The molecule has 140 valence electrons. The van der Waals surface area contributed by atoms with Crippen molar-refractivity contribution in [1.82, 2.24) is 20.9 Å². The highest BCUT2D eigenvalue weighted by molar-refractivity contribution is 7.09. The van der Waals surface area contributed by atoms with Gasteiger partial charge in [-0.15, -0.1) is 11.3 Å². The zero-order valence-corrected chi connectivity index (χ0v) is 15.4. The number of carbonyl (C=O) groups is 4. The van der Waals surface area contributed by atoms with E-state index in [1.165, 1.54) is 11.3 Å². The molecule has 2 heterocycles. The van der Waals surface area contributed by atoms with Crippen LogP contribution in [-0.4, -0.2) is 40.9 Å². The molecular formula is C17H22N4O4S. The fourth-order valence-corrected chi connectivity index (χ4v) is 4.22. The molecule has 1 saturated carbocycles. The lowest BCUT2D eigenvalue weighted by Crippen LogP contribution is -2.54. The molecule has 0 radical (unpaired) electrons. The van der Waals surface area contributed by atoms with Crippen molar-refractivity contribution in [3.8, 4) is 0 Å². The second-order valence-corrected chi connectivity index (χ2v) is 7.78. The van der Waals surface area contributed by atoms with E-state index in [-0.39, 0.29) is 11.8 Å². The van der Waals surface area contributed by atoms with Crippen LogP contribution in [0.25, 0.3) is 0 Å². The third-order valence-electron chi connectivity index (χ3n) is 5.06. The molecule has 6 amide bonds. The molecule has 1 aromatic heterocycles. The summed E-state index contributed by atoms with van der Waals surface area (Å²) < 4.78 is 0. The largest absolute Gasteiger partial charge is 0.333 e. The molecule has 3 N–H and O–H groups in total. The normalized spacial score (nSPS) is 25.3. The summed E-state index contributed by atoms with van der Waals surface area (Å²) in [5, 5.41) is 9.39. The molecule has 0 bridgehead atoms. The van der Waals surface area contributed by atoms with E-state index in [0.29, 0.717) is 13.0 Å². The first-order valence-corrected chi connectivity index (χ1v) is 9.54. The third kappa shape index (κ3) is 3.57. The summed E-state index contributed by atoms with van der Waals surface area (Å²) in [4.78, 5) is 50.7. The zero-order chi connectivity index (χ0) is 18.7. The lowest BCUT2D eigenvalue weighted by molar-refractivity contribution is -0.137. The van der Waals surface area contributed by atoms with Crippen molar-refractivity contribution in [3.05, 3.63) is 22.4 Å². The van der Waals surface area contributed by atoms with Crippen LogP contribution in [0.2, 0.25) is 0 Å². The van der Waals surface area contributed by atoms with Gasteiger partial charge in [0.1, 0.15) is 12.1 Å². The Hall–Kier alpha value is -2.42. The molecule has 3 rings (SSSR count). The van der Waals surface area contributed by atoms with E-state index in [0.717, 1.165) is 29.0 Å². The lowest BCUT2D eigenvalue weighted by atomic mass is 9.73. The van der Waals surface area contributed by atoms with Crippen LogP contribution < -0.4 is 16.0 Å². The molecule has 26 heavy (non-hydrogen) atoms. The summed E-state index contributed by atoms with van der Waals surface area (Å²) in [5.41, 5.74) is -0.906. The average Bonchev–Trinajstić information content (AvgIpc) is 3.19. The van der Waals surface area contributed by atoms with E-state index in [9.17, 15) is 19.2 Å². The summed E-state index contributed by atoms with van der Waals surface area (Å²) in [7, 11) is 0. The molecule has 1 aliphatic heterocycles. The molecule has 8 nitrogen and oxygen atoms in total. The lowest BCUT2D eigenvalue weighted by Gasteiger charge is -2.36. The minimum Gasteiger partial charge on any atom is -0.333 e. The number of hydrogen-bond donors (Lipinski definition) is 3. The Morgan fingerprint density at radius 2 is 2.19 bits per heavy atom. The Kier molecular flexibility index (Phi) is 5.26. The maximum Gasteiger partial charge on any atom is 0.325 e. The van der Waals surface area contributed by atoms with E-state index in [1.807, 2.05) is 24.4 Å². The van der Waals surface area contributed by atoms with Crippen LogP contribution >= 0.6 is 11.3 Å². The van der Waals surface area contributed by atoms with Crippen LogP contribution in [-0.2, 0) is 16.1 Å². The number of nitrogens with one attached hydrogen (secondary N) is 3. The number of amides is 6. The van der Waals surface area contributed by atoms with E-state index < -0.39 is 30.1 Å². The van der Waals surface area contributed by atoms with Crippen molar-refractivity contribution < 1.29 is 19.2 Å². The first kappa shape index (κ1) is 18.4. The number of rotatable bonds is 4. The molecule has 0 unspecified atom stereocenters. The van der Waals surface area contributed by atoms with Gasteiger partial charge < -0.3 is 10.6 Å². The van der Waals surface area contributed by atoms with Gasteiger partial charge in [0.05, 0.1) is 6.54 Å². The monoisotopic (exact) mass is 378 g/mol. The quantitative estimate of drug-likeness (QED) is 0.691. The predicted octanol–water partition coefficient (Wildman–Crippen LogP) is 1.57. The van der Waals surface area contributed by atoms with Crippen molar-refractivity contribution >= 4 is 35.2 Å².